The Bertz CT molecular complexity index is 529. The first-order valence-electron chi connectivity index (χ1n) is 7.11. The Labute approximate surface area is 125 Å². The zero-order chi connectivity index (χ0) is 15.6. The first-order valence-corrected chi connectivity index (χ1v) is 7.11. The molecule has 5 nitrogen and oxygen atoms in total. The molecule has 1 unspecified atom stereocenters. The third-order valence-electron chi connectivity index (χ3n) is 3.65. The Hall–Kier alpha value is -1.88. The molecule has 5 heteroatoms. The number of nitrogens with zero attached hydrogens (tertiary/aromatic N) is 1. The van der Waals surface area contributed by atoms with Crippen molar-refractivity contribution in [3.8, 4) is 0 Å². The van der Waals surface area contributed by atoms with Crippen molar-refractivity contribution in [3.63, 3.8) is 0 Å². The molecule has 1 heterocycles. The number of benzene rings is 1. The van der Waals surface area contributed by atoms with Crippen molar-refractivity contribution in [2.75, 3.05) is 13.1 Å². The standard InChI is InChI=1S/C16H22N2O3/c1-11-4-6-13(7-5-11)14(17-12(2)19)8-15(20)18-9-16(3,21)10-18/h4-7,14,21H,8-10H2,1-3H3,(H,17,19). The van der Waals surface area contributed by atoms with Crippen LogP contribution in [0.4, 0.5) is 0 Å². The van der Waals surface area contributed by atoms with Crippen LogP contribution < -0.4 is 5.32 Å². The summed E-state index contributed by atoms with van der Waals surface area (Å²) < 4.78 is 0. The number of aliphatic hydroxyl groups is 1. The highest BCUT2D eigenvalue weighted by atomic mass is 16.3. The van der Waals surface area contributed by atoms with Gasteiger partial charge >= 0.3 is 0 Å². The molecule has 0 aromatic heterocycles. The van der Waals surface area contributed by atoms with Crippen LogP contribution in [-0.4, -0.2) is 40.5 Å². The van der Waals surface area contributed by atoms with Gasteiger partial charge in [-0.15, -0.1) is 0 Å². The number of carbonyl (C=O) groups excluding carboxylic acids is 2. The van der Waals surface area contributed by atoms with Crippen LogP contribution in [0, 0.1) is 6.92 Å². The summed E-state index contributed by atoms with van der Waals surface area (Å²) in [7, 11) is 0. The average Bonchev–Trinajstić information content (AvgIpc) is 2.35. The molecule has 0 radical (unpaired) electrons. The fourth-order valence-corrected chi connectivity index (χ4v) is 2.55. The molecule has 1 fully saturated rings. The smallest absolute Gasteiger partial charge is 0.225 e. The fourth-order valence-electron chi connectivity index (χ4n) is 2.55. The van der Waals surface area contributed by atoms with Crippen LogP contribution >= 0.6 is 0 Å². The lowest BCUT2D eigenvalue weighted by atomic mass is 9.95. The average molecular weight is 290 g/mol. The Morgan fingerprint density at radius 3 is 2.38 bits per heavy atom. The van der Waals surface area contributed by atoms with Gasteiger partial charge in [0, 0.05) is 6.92 Å². The molecule has 0 saturated carbocycles. The van der Waals surface area contributed by atoms with Gasteiger partial charge in [0.05, 0.1) is 31.2 Å². The largest absolute Gasteiger partial charge is 0.386 e. The second-order valence-electron chi connectivity index (χ2n) is 6.11. The van der Waals surface area contributed by atoms with E-state index in [1.54, 1.807) is 11.8 Å². The molecule has 0 bridgehead atoms. The molecule has 114 valence electrons. The van der Waals surface area contributed by atoms with E-state index in [9.17, 15) is 14.7 Å². The number of hydrogen-bond acceptors (Lipinski definition) is 3. The van der Waals surface area contributed by atoms with E-state index in [1.807, 2.05) is 31.2 Å². The molecule has 2 rings (SSSR count). The molecule has 1 aliphatic heterocycles. The predicted octanol–water partition coefficient (Wildman–Crippen LogP) is 1.16. The molecular weight excluding hydrogens is 268 g/mol. The van der Waals surface area contributed by atoms with Gasteiger partial charge in [-0.1, -0.05) is 29.8 Å². The van der Waals surface area contributed by atoms with E-state index in [-0.39, 0.29) is 24.3 Å². The number of rotatable bonds is 4. The van der Waals surface area contributed by atoms with Gasteiger partial charge in [0.1, 0.15) is 0 Å². The van der Waals surface area contributed by atoms with E-state index >= 15 is 0 Å². The van der Waals surface area contributed by atoms with Crippen molar-refractivity contribution in [1.29, 1.82) is 0 Å². The lowest BCUT2D eigenvalue weighted by molar-refractivity contribution is -0.152. The number of amides is 2. The topological polar surface area (TPSA) is 69.6 Å². The predicted molar refractivity (Wildman–Crippen MR) is 79.6 cm³/mol. The summed E-state index contributed by atoms with van der Waals surface area (Å²) in [5.74, 6) is -0.218. The highest BCUT2D eigenvalue weighted by Gasteiger charge is 2.39. The maximum absolute atomic E-state index is 12.2. The van der Waals surface area contributed by atoms with Crippen LogP contribution in [0.25, 0.3) is 0 Å². The van der Waals surface area contributed by atoms with Gasteiger partial charge in [0.25, 0.3) is 0 Å². The van der Waals surface area contributed by atoms with Gasteiger partial charge in [-0.25, -0.2) is 0 Å². The molecule has 1 saturated heterocycles. The molecule has 1 aromatic rings. The molecule has 1 aliphatic rings. The van der Waals surface area contributed by atoms with E-state index in [2.05, 4.69) is 5.32 Å². The second kappa shape index (κ2) is 5.85. The van der Waals surface area contributed by atoms with Crippen molar-refractivity contribution < 1.29 is 14.7 Å². The summed E-state index contributed by atoms with van der Waals surface area (Å²) in [6.07, 6.45) is 0.207. The van der Waals surface area contributed by atoms with Gasteiger partial charge in [-0.2, -0.15) is 0 Å². The minimum Gasteiger partial charge on any atom is -0.386 e. The Balaban J connectivity index is 2.04. The zero-order valence-corrected chi connectivity index (χ0v) is 12.7. The van der Waals surface area contributed by atoms with Crippen molar-refractivity contribution in [1.82, 2.24) is 10.2 Å². The van der Waals surface area contributed by atoms with Gasteiger partial charge < -0.3 is 15.3 Å². The van der Waals surface area contributed by atoms with E-state index < -0.39 is 5.60 Å². The molecular formula is C16H22N2O3. The molecule has 21 heavy (non-hydrogen) atoms. The van der Waals surface area contributed by atoms with E-state index in [0.29, 0.717) is 13.1 Å². The van der Waals surface area contributed by atoms with Crippen molar-refractivity contribution >= 4 is 11.8 Å². The zero-order valence-electron chi connectivity index (χ0n) is 12.7. The number of nitrogens with one attached hydrogen (secondary N) is 1. The van der Waals surface area contributed by atoms with Gasteiger partial charge in [0.2, 0.25) is 11.8 Å². The van der Waals surface area contributed by atoms with Crippen LogP contribution in [0.2, 0.25) is 0 Å². The van der Waals surface area contributed by atoms with Crippen LogP contribution in [0.15, 0.2) is 24.3 Å². The van der Waals surface area contributed by atoms with Crippen molar-refractivity contribution in [3.05, 3.63) is 35.4 Å². The number of β-amino-alcohol motifs (C(OH)–C–C–N with tert-alkyl or cyclic N) is 1. The van der Waals surface area contributed by atoms with Gasteiger partial charge in [-0.3, -0.25) is 9.59 Å². The summed E-state index contributed by atoms with van der Waals surface area (Å²) in [5, 5.41) is 12.5. The molecule has 1 aromatic carbocycles. The quantitative estimate of drug-likeness (QED) is 0.874. The third kappa shape index (κ3) is 4.04. The Morgan fingerprint density at radius 2 is 1.90 bits per heavy atom. The summed E-state index contributed by atoms with van der Waals surface area (Å²) in [4.78, 5) is 25.2. The maximum Gasteiger partial charge on any atom is 0.225 e. The summed E-state index contributed by atoms with van der Waals surface area (Å²) in [6, 6.07) is 7.44. The SMILES string of the molecule is CC(=O)NC(CC(=O)N1CC(C)(O)C1)c1ccc(C)cc1. The third-order valence-corrected chi connectivity index (χ3v) is 3.65. The highest BCUT2D eigenvalue weighted by molar-refractivity contribution is 5.80. The lowest BCUT2D eigenvalue weighted by Crippen LogP contribution is -2.62. The highest BCUT2D eigenvalue weighted by Crippen LogP contribution is 2.24. The monoisotopic (exact) mass is 290 g/mol. The fraction of sp³-hybridized carbons (Fsp3) is 0.500. The van der Waals surface area contributed by atoms with Gasteiger partial charge in [0.15, 0.2) is 0 Å². The van der Waals surface area contributed by atoms with E-state index in [0.717, 1.165) is 11.1 Å². The van der Waals surface area contributed by atoms with Crippen molar-refractivity contribution in [2.24, 2.45) is 0 Å². The molecule has 0 spiro atoms. The normalized spacial score (nSPS) is 17.8. The van der Waals surface area contributed by atoms with Crippen LogP contribution in [0.5, 0.6) is 0 Å². The summed E-state index contributed by atoms with van der Waals surface area (Å²) >= 11 is 0. The number of carbonyl (C=O) groups is 2. The second-order valence-corrected chi connectivity index (χ2v) is 6.11. The first kappa shape index (κ1) is 15.5. The maximum atomic E-state index is 12.2. The summed E-state index contributed by atoms with van der Waals surface area (Å²) in [6.45, 7) is 5.85. The number of hydrogen-bond donors (Lipinski definition) is 2. The Kier molecular flexibility index (Phi) is 4.32. The Morgan fingerprint density at radius 1 is 1.33 bits per heavy atom. The van der Waals surface area contributed by atoms with Crippen LogP contribution in [-0.2, 0) is 9.59 Å². The van der Waals surface area contributed by atoms with Crippen LogP contribution in [0.1, 0.15) is 37.4 Å². The van der Waals surface area contributed by atoms with Gasteiger partial charge in [-0.05, 0) is 19.4 Å². The van der Waals surface area contributed by atoms with Crippen LogP contribution in [0.3, 0.4) is 0 Å². The molecule has 0 aliphatic carbocycles. The van der Waals surface area contributed by atoms with E-state index in [1.165, 1.54) is 6.92 Å². The molecule has 1 atom stereocenters. The lowest BCUT2D eigenvalue weighted by Gasteiger charge is -2.44. The summed E-state index contributed by atoms with van der Waals surface area (Å²) in [5.41, 5.74) is 1.27. The number of likely N-dealkylation sites (tertiary alicyclic amines) is 1. The minimum absolute atomic E-state index is 0.0548. The van der Waals surface area contributed by atoms with E-state index in [4.69, 9.17) is 0 Å². The molecule has 2 N–H and O–H groups in total. The molecule has 2 amide bonds. The minimum atomic E-state index is -0.775. The van der Waals surface area contributed by atoms with Crippen molar-refractivity contribution in [2.45, 2.75) is 38.8 Å². The first-order chi connectivity index (χ1) is 9.77. The number of aryl methyl sites for hydroxylation is 1.